The molecule has 2 atom stereocenters. The molecule has 1 aliphatic rings. The summed E-state index contributed by atoms with van der Waals surface area (Å²) in [5, 5.41) is 0. The minimum atomic E-state index is -0.520. The smallest absolute Gasteiger partial charge is 0.310 e. The zero-order valence-corrected chi connectivity index (χ0v) is 14.5. The molecule has 0 aromatic heterocycles. The summed E-state index contributed by atoms with van der Waals surface area (Å²) in [6, 6.07) is 6.84. The first-order valence-electron chi connectivity index (χ1n) is 7.56. The van der Waals surface area contributed by atoms with Gasteiger partial charge in [-0.2, -0.15) is 0 Å². The van der Waals surface area contributed by atoms with E-state index in [0.29, 0.717) is 18.4 Å². The molecular formula is C17H19BrO5. The Morgan fingerprint density at radius 3 is 2.17 bits per heavy atom. The number of carbonyl (C=O) groups is 3. The maximum atomic E-state index is 12.2. The SMILES string of the molecule is COC(=O)[C@@H]1CCCC[C@@H]1C(=O)OCC(=O)c1ccc(Br)cc1. The summed E-state index contributed by atoms with van der Waals surface area (Å²) < 4.78 is 10.8. The molecule has 0 spiro atoms. The molecule has 1 aromatic carbocycles. The lowest BCUT2D eigenvalue weighted by atomic mass is 9.79. The first kappa shape index (κ1) is 17.7. The summed E-state index contributed by atoms with van der Waals surface area (Å²) in [5.41, 5.74) is 0.481. The Balaban J connectivity index is 1.93. The van der Waals surface area contributed by atoms with Crippen LogP contribution in [0.5, 0.6) is 0 Å². The molecule has 0 radical (unpaired) electrons. The number of methoxy groups -OCH3 is 1. The number of hydrogen-bond donors (Lipinski definition) is 0. The Kier molecular flexibility index (Phi) is 6.33. The predicted octanol–water partition coefficient (Wildman–Crippen LogP) is 3.15. The van der Waals surface area contributed by atoms with Crippen molar-refractivity contribution in [1.29, 1.82) is 0 Å². The highest BCUT2D eigenvalue weighted by Gasteiger charge is 2.37. The van der Waals surface area contributed by atoms with Crippen LogP contribution in [0, 0.1) is 11.8 Å². The molecule has 0 amide bonds. The second-order valence-corrected chi connectivity index (χ2v) is 6.47. The molecule has 0 unspecified atom stereocenters. The lowest BCUT2D eigenvalue weighted by Crippen LogP contribution is -2.35. The van der Waals surface area contributed by atoms with Gasteiger partial charge in [0.1, 0.15) is 0 Å². The molecule has 1 fully saturated rings. The van der Waals surface area contributed by atoms with E-state index >= 15 is 0 Å². The lowest BCUT2D eigenvalue weighted by molar-refractivity contribution is -0.160. The molecule has 1 aliphatic carbocycles. The van der Waals surface area contributed by atoms with Crippen LogP contribution >= 0.6 is 15.9 Å². The summed E-state index contributed by atoms with van der Waals surface area (Å²) in [7, 11) is 1.32. The standard InChI is InChI=1S/C17H19BrO5/c1-22-16(20)13-4-2-3-5-14(13)17(21)23-10-15(19)11-6-8-12(18)9-7-11/h6-9,13-14H,2-5,10H2,1H3/t13-,14+/m1/s1. The Morgan fingerprint density at radius 1 is 1.04 bits per heavy atom. The van der Waals surface area contributed by atoms with Crippen LogP contribution in [-0.4, -0.2) is 31.4 Å². The van der Waals surface area contributed by atoms with Gasteiger partial charge in [-0.1, -0.05) is 40.9 Å². The number of ketones is 1. The first-order valence-corrected chi connectivity index (χ1v) is 8.35. The minimum absolute atomic E-state index is 0.267. The first-order chi connectivity index (χ1) is 11.0. The van der Waals surface area contributed by atoms with Crippen LogP contribution in [0.15, 0.2) is 28.7 Å². The van der Waals surface area contributed by atoms with Crippen molar-refractivity contribution >= 4 is 33.7 Å². The molecular weight excluding hydrogens is 364 g/mol. The van der Waals surface area contributed by atoms with E-state index < -0.39 is 17.8 Å². The lowest BCUT2D eigenvalue weighted by Gasteiger charge is -2.27. The third kappa shape index (κ3) is 4.64. The van der Waals surface area contributed by atoms with Crippen molar-refractivity contribution in [2.24, 2.45) is 11.8 Å². The van der Waals surface area contributed by atoms with E-state index in [-0.39, 0.29) is 18.4 Å². The van der Waals surface area contributed by atoms with E-state index in [1.165, 1.54) is 7.11 Å². The topological polar surface area (TPSA) is 69.7 Å². The monoisotopic (exact) mass is 382 g/mol. The van der Waals surface area contributed by atoms with Gasteiger partial charge in [-0.25, -0.2) is 0 Å². The van der Waals surface area contributed by atoms with Gasteiger partial charge in [-0.05, 0) is 25.0 Å². The van der Waals surface area contributed by atoms with Crippen LogP contribution < -0.4 is 0 Å². The molecule has 23 heavy (non-hydrogen) atoms. The van der Waals surface area contributed by atoms with E-state index in [4.69, 9.17) is 9.47 Å². The number of ether oxygens (including phenoxy) is 2. The number of rotatable bonds is 5. The Labute approximate surface area is 143 Å². The molecule has 0 bridgehead atoms. The van der Waals surface area contributed by atoms with Crippen molar-refractivity contribution in [3.05, 3.63) is 34.3 Å². The molecule has 1 aromatic rings. The van der Waals surface area contributed by atoms with Gasteiger partial charge in [0, 0.05) is 10.0 Å². The van der Waals surface area contributed by atoms with Crippen molar-refractivity contribution in [1.82, 2.24) is 0 Å². The zero-order chi connectivity index (χ0) is 16.8. The van der Waals surface area contributed by atoms with E-state index in [1.54, 1.807) is 24.3 Å². The van der Waals surface area contributed by atoms with Gasteiger partial charge < -0.3 is 9.47 Å². The second-order valence-electron chi connectivity index (χ2n) is 5.56. The number of hydrogen-bond acceptors (Lipinski definition) is 5. The maximum Gasteiger partial charge on any atom is 0.310 e. The van der Waals surface area contributed by atoms with Crippen LogP contribution in [-0.2, 0) is 19.1 Å². The summed E-state index contributed by atoms with van der Waals surface area (Å²) in [6.07, 6.45) is 2.97. The predicted molar refractivity (Wildman–Crippen MR) is 86.9 cm³/mol. The number of Topliss-reactive ketones (excluding diaryl/α,β-unsaturated/α-hetero) is 1. The van der Waals surface area contributed by atoms with E-state index in [1.807, 2.05) is 0 Å². The summed E-state index contributed by atoms with van der Waals surface area (Å²) >= 11 is 3.30. The third-order valence-electron chi connectivity index (χ3n) is 4.08. The quantitative estimate of drug-likeness (QED) is 0.577. The highest BCUT2D eigenvalue weighted by Crippen LogP contribution is 2.31. The fourth-order valence-corrected chi connectivity index (χ4v) is 3.07. The van der Waals surface area contributed by atoms with Crippen molar-refractivity contribution < 1.29 is 23.9 Å². The zero-order valence-electron chi connectivity index (χ0n) is 12.9. The summed E-state index contributed by atoms with van der Waals surface area (Å²) in [6.45, 7) is -0.315. The summed E-state index contributed by atoms with van der Waals surface area (Å²) in [4.78, 5) is 36.0. The number of carbonyl (C=O) groups excluding carboxylic acids is 3. The number of halogens is 1. The van der Waals surface area contributed by atoms with Gasteiger partial charge >= 0.3 is 11.9 Å². The molecule has 0 heterocycles. The Morgan fingerprint density at radius 2 is 1.61 bits per heavy atom. The molecule has 6 heteroatoms. The fourth-order valence-electron chi connectivity index (χ4n) is 2.81. The van der Waals surface area contributed by atoms with Gasteiger partial charge in [-0.15, -0.1) is 0 Å². The average molecular weight is 383 g/mol. The van der Waals surface area contributed by atoms with Crippen LogP contribution in [0.4, 0.5) is 0 Å². The van der Waals surface area contributed by atoms with Crippen molar-refractivity contribution in [3.8, 4) is 0 Å². The molecule has 5 nitrogen and oxygen atoms in total. The van der Waals surface area contributed by atoms with Gasteiger partial charge in [0.25, 0.3) is 0 Å². The third-order valence-corrected chi connectivity index (χ3v) is 4.61. The number of esters is 2. The highest BCUT2D eigenvalue weighted by atomic mass is 79.9. The minimum Gasteiger partial charge on any atom is -0.469 e. The highest BCUT2D eigenvalue weighted by molar-refractivity contribution is 9.10. The van der Waals surface area contributed by atoms with Gasteiger partial charge in [0.2, 0.25) is 0 Å². The van der Waals surface area contributed by atoms with Crippen LogP contribution in [0.1, 0.15) is 36.0 Å². The van der Waals surface area contributed by atoms with Gasteiger partial charge in [-0.3, -0.25) is 14.4 Å². The second kappa shape index (κ2) is 8.24. The van der Waals surface area contributed by atoms with E-state index in [0.717, 1.165) is 17.3 Å². The van der Waals surface area contributed by atoms with Crippen LogP contribution in [0.3, 0.4) is 0 Å². The molecule has 124 valence electrons. The van der Waals surface area contributed by atoms with Gasteiger partial charge in [0.15, 0.2) is 12.4 Å². The molecule has 1 saturated carbocycles. The Bertz CT molecular complexity index is 581. The Hall–Kier alpha value is -1.69. The molecule has 0 aliphatic heterocycles. The largest absolute Gasteiger partial charge is 0.469 e. The molecule has 2 rings (SSSR count). The van der Waals surface area contributed by atoms with Crippen molar-refractivity contribution in [3.63, 3.8) is 0 Å². The average Bonchev–Trinajstić information content (AvgIpc) is 2.59. The number of benzene rings is 1. The van der Waals surface area contributed by atoms with Crippen LogP contribution in [0.2, 0.25) is 0 Å². The van der Waals surface area contributed by atoms with E-state index in [9.17, 15) is 14.4 Å². The summed E-state index contributed by atoms with van der Waals surface area (Å²) in [5.74, 6) is -2.13. The fraction of sp³-hybridized carbons (Fsp3) is 0.471. The van der Waals surface area contributed by atoms with E-state index in [2.05, 4.69) is 15.9 Å². The maximum absolute atomic E-state index is 12.2. The van der Waals surface area contributed by atoms with Gasteiger partial charge in [0.05, 0.1) is 18.9 Å². The van der Waals surface area contributed by atoms with Crippen LogP contribution in [0.25, 0.3) is 0 Å². The molecule has 0 N–H and O–H groups in total. The molecule has 0 saturated heterocycles. The van der Waals surface area contributed by atoms with Crippen molar-refractivity contribution in [2.45, 2.75) is 25.7 Å². The normalized spacial score (nSPS) is 20.6. The van der Waals surface area contributed by atoms with Crippen molar-refractivity contribution in [2.75, 3.05) is 13.7 Å².